The molecule has 32 heteroatoms. The highest BCUT2D eigenvalue weighted by Crippen LogP contribution is 2.13. The summed E-state index contributed by atoms with van der Waals surface area (Å²) in [6.07, 6.45) is -0.00155. The summed E-state index contributed by atoms with van der Waals surface area (Å²) < 4.78 is 85.8. The molecule has 0 fully saturated rings. The van der Waals surface area contributed by atoms with E-state index < -0.39 is 106 Å². The zero-order valence-corrected chi connectivity index (χ0v) is 43.1. The molecule has 2 aliphatic rings. The predicted molar refractivity (Wildman–Crippen MR) is 271 cm³/mol. The van der Waals surface area contributed by atoms with E-state index in [1.165, 1.54) is 24.3 Å². The summed E-state index contributed by atoms with van der Waals surface area (Å²) in [7, 11) is -8.49. The van der Waals surface area contributed by atoms with Crippen LogP contribution in [0, 0.1) is 0 Å². The lowest BCUT2D eigenvalue weighted by atomic mass is 10.2. The number of carbonyl (C=O) groups excluding carboxylic acids is 4. The lowest BCUT2D eigenvalue weighted by Gasteiger charge is -2.16. The minimum atomic E-state index is -4.25. The molecule has 0 radical (unpaired) electrons. The Morgan fingerprint density at radius 1 is 0.526 bits per heavy atom. The number of carboxylic acid groups (broad SMARTS) is 2. The Balaban J connectivity index is 0.964. The number of nitrogens with one attached hydrogen (secondary N) is 10. The second-order valence-electron chi connectivity index (χ2n) is 16.0. The highest BCUT2D eigenvalue weighted by atomic mass is 32.2. The Morgan fingerprint density at radius 3 is 1.26 bits per heavy atom. The molecule has 0 spiro atoms. The maximum atomic E-state index is 12.6. The van der Waals surface area contributed by atoms with Gasteiger partial charge in [-0.3, -0.25) is 29.2 Å². The topological polar surface area (TPSA) is 412 Å². The number of sulfonamides is 2. The van der Waals surface area contributed by atoms with E-state index in [1.807, 2.05) is 9.44 Å². The molecule has 4 rings (SSSR count). The summed E-state index contributed by atoms with van der Waals surface area (Å²) in [6.45, 7) is 2.34. The Morgan fingerprint density at radius 2 is 0.908 bits per heavy atom. The van der Waals surface area contributed by atoms with E-state index in [9.17, 15) is 55.8 Å². The lowest BCUT2D eigenvalue weighted by molar-refractivity contribution is -0.139. The number of benzene rings is 2. The molecular formula is C44H66N12O18S2. The van der Waals surface area contributed by atoms with Crippen molar-refractivity contribution in [3.63, 3.8) is 0 Å². The molecule has 12 N–H and O–H groups in total. The van der Waals surface area contributed by atoms with Gasteiger partial charge in [-0.05, 0) is 61.4 Å². The van der Waals surface area contributed by atoms with Crippen molar-refractivity contribution in [1.29, 1.82) is 0 Å². The van der Waals surface area contributed by atoms with Gasteiger partial charge >= 0.3 is 24.1 Å². The number of ether oxygens (including phenoxy) is 6. The third-order valence-electron chi connectivity index (χ3n) is 10.1. The van der Waals surface area contributed by atoms with Gasteiger partial charge in [-0.2, -0.15) is 9.44 Å². The van der Waals surface area contributed by atoms with E-state index in [2.05, 4.69) is 52.5 Å². The normalized spacial score (nSPS) is 14.1. The van der Waals surface area contributed by atoms with Crippen molar-refractivity contribution >= 4 is 67.9 Å². The molecule has 0 saturated carbocycles. The molecule has 0 aromatic heterocycles. The Labute approximate surface area is 438 Å². The van der Waals surface area contributed by atoms with Gasteiger partial charge < -0.3 is 81.2 Å². The fourth-order valence-electron chi connectivity index (χ4n) is 6.27. The Kier molecular flexibility index (Phi) is 27.1. The Hall–Kier alpha value is -7.26. The highest BCUT2D eigenvalue weighted by Gasteiger charge is 2.26. The summed E-state index contributed by atoms with van der Waals surface area (Å²) in [6, 6.07) is 8.70. The fourth-order valence-corrected chi connectivity index (χ4v) is 8.49. The predicted octanol–water partition coefficient (Wildman–Crippen LogP) is -3.29. The van der Waals surface area contributed by atoms with Crippen molar-refractivity contribution in [2.45, 2.75) is 24.9 Å². The molecule has 2 aromatic rings. The third kappa shape index (κ3) is 25.8. The van der Waals surface area contributed by atoms with Crippen LogP contribution in [0.3, 0.4) is 0 Å². The number of aliphatic carboxylic acids is 2. The van der Waals surface area contributed by atoms with Crippen molar-refractivity contribution in [2.24, 2.45) is 9.98 Å². The molecule has 2 heterocycles. The van der Waals surface area contributed by atoms with E-state index >= 15 is 0 Å². The van der Waals surface area contributed by atoms with Crippen LogP contribution < -0.4 is 61.5 Å². The van der Waals surface area contributed by atoms with E-state index in [1.54, 1.807) is 24.3 Å². The maximum absolute atomic E-state index is 12.6. The van der Waals surface area contributed by atoms with Gasteiger partial charge in [0.25, 0.3) is 11.8 Å². The van der Waals surface area contributed by atoms with E-state index in [0.29, 0.717) is 49.7 Å². The third-order valence-corrected chi connectivity index (χ3v) is 12.9. The number of alkyl carbamates (subject to hydrolysis) is 2. The molecule has 0 unspecified atom stereocenters. The van der Waals surface area contributed by atoms with Crippen LogP contribution in [0.15, 0.2) is 58.5 Å². The molecule has 0 bridgehead atoms. The maximum Gasteiger partial charge on any atom is 0.407 e. The first-order chi connectivity index (χ1) is 36.5. The monoisotopic (exact) mass is 1110 g/mol. The first kappa shape index (κ1) is 61.3. The molecule has 2 aromatic carbocycles. The second-order valence-corrected chi connectivity index (χ2v) is 19.8. The molecule has 4 amide bonds. The van der Waals surface area contributed by atoms with Gasteiger partial charge in [0.15, 0.2) is 11.9 Å². The number of amides is 4. The summed E-state index contributed by atoms with van der Waals surface area (Å²) in [4.78, 5) is 81.4. The summed E-state index contributed by atoms with van der Waals surface area (Å²) in [5, 5.41) is 40.8. The molecule has 2 atom stereocenters. The van der Waals surface area contributed by atoms with Crippen LogP contribution in [-0.2, 0) is 48.6 Å². The summed E-state index contributed by atoms with van der Waals surface area (Å²) in [5.41, 5.74) is 0.366. The van der Waals surface area contributed by atoms with Gasteiger partial charge in [-0.1, -0.05) is 0 Å². The number of aliphatic imine (C=N–C) groups is 2. The smallest absolute Gasteiger partial charge is 0.407 e. The molecular weight excluding hydrogens is 1050 g/mol. The average molecular weight is 1120 g/mol. The highest BCUT2D eigenvalue weighted by molar-refractivity contribution is 7.89. The van der Waals surface area contributed by atoms with Crippen molar-refractivity contribution in [1.82, 2.24) is 52.0 Å². The van der Waals surface area contributed by atoms with E-state index in [0.717, 1.165) is 39.0 Å². The number of carbonyl (C=O) groups is 6. The number of guanidine groups is 2. The largest absolute Gasteiger partial charge is 0.492 e. The van der Waals surface area contributed by atoms with Gasteiger partial charge in [-0.15, -0.1) is 0 Å². The number of hydrogen-bond acceptors (Lipinski definition) is 22. The van der Waals surface area contributed by atoms with Gasteiger partial charge in [0.05, 0.1) is 51.0 Å². The van der Waals surface area contributed by atoms with Crippen molar-refractivity contribution in [3.8, 4) is 11.5 Å². The number of carboxylic acids is 2. The van der Waals surface area contributed by atoms with Crippen molar-refractivity contribution in [3.05, 3.63) is 59.7 Å². The molecule has 0 aliphatic carbocycles. The molecule has 2 aliphatic heterocycles. The van der Waals surface area contributed by atoms with E-state index in [-0.39, 0.29) is 50.8 Å². The number of rotatable bonds is 35. The number of nitrogens with zero attached hydrogens (tertiary/aromatic N) is 2. The summed E-state index contributed by atoms with van der Waals surface area (Å²) in [5.74, 6) is -3.39. The van der Waals surface area contributed by atoms with E-state index in [4.69, 9.17) is 28.4 Å². The quantitative estimate of drug-likeness (QED) is 0.0301. The molecule has 76 heavy (non-hydrogen) atoms. The first-order valence-corrected chi connectivity index (χ1v) is 27.3. The minimum absolute atomic E-state index is 0.0456. The van der Waals surface area contributed by atoms with Crippen LogP contribution in [0.5, 0.6) is 11.5 Å². The average Bonchev–Trinajstić information content (AvgIpc) is 3.40. The van der Waals surface area contributed by atoms with Crippen LogP contribution in [-0.4, -0.2) is 217 Å². The van der Waals surface area contributed by atoms with Crippen LogP contribution in [0.1, 0.15) is 33.6 Å². The van der Waals surface area contributed by atoms with Crippen LogP contribution in [0.4, 0.5) is 9.59 Å². The zero-order chi connectivity index (χ0) is 55.0. The van der Waals surface area contributed by atoms with Gasteiger partial charge in [0, 0.05) is 63.5 Å². The minimum Gasteiger partial charge on any atom is -0.492 e. The number of hydrogen-bond donors (Lipinski definition) is 12. The van der Waals surface area contributed by atoms with Crippen LogP contribution >= 0.6 is 0 Å². The molecule has 30 nitrogen and oxygen atoms in total. The van der Waals surface area contributed by atoms with Crippen LogP contribution in [0.25, 0.3) is 0 Å². The zero-order valence-electron chi connectivity index (χ0n) is 41.5. The molecule has 422 valence electrons. The lowest BCUT2D eigenvalue weighted by Crippen LogP contribution is -2.49. The Bertz CT molecular complexity index is 2300. The van der Waals surface area contributed by atoms with Gasteiger partial charge in [0.1, 0.15) is 50.0 Å². The van der Waals surface area contributed by atoms with Crippen molar-refractivity contribution < 1.29 is 84.2 Å². The first-order valence-electron chi connectivity index (χ1n) is 24.0. The van der Waals surface area contributed by atoms with Crippen LogP contribution in [0.2, 0.25) is 0 Å². The SMILES string of the molecule is O=C(NCCS(=O)(=O)N[C@@H](CNC(=O)c1ccc(OCCNC2=NCCCN2)cc1)C(=O)O)OCCOCCOCCOC(=O)NCCS(=O)(=O)N[C@@H](CNC(=O)c1ccc(OCCNC2=NCCCN2)cc1)C(=O)O. The fraction of sp³-hybridized carbons (Fsp3) is 0.545. The van der Waals surface area contributed by atoms with Crippen molar-refractivity contribution in [2.75, 3.05) is 130 Å². The van der Waals surface area contributed by atoms with Gasteiger partial charge in [-0.25, -0.2) is 26.4 Å². The second kappa shape index (κ2) is 33.6. The summed E-state index contributed by atoms with van der Waals surface area (Å²) >= 11 is 0. The molecule has 0 saturated heterocycles. The van der Waals surface area contributed by atoms with Gasteiger partial charge in [0.2, 0.25) is 20.0 Å². The standard InChI is InChI=1S/C44H66N12O18S2/c57-37(31-3-7-33(8-4-31)71-19-15-49-41-45-11-1-12-46-41)53-29-35(39(59)60)55-75(65,66)27-17-51-43(63)73-25-23-69-21-22-70-24-26-74-44(64)52-18-28-76(67,68)56-36(40(61)62)30-54-38(58)32-5-9-34(10-6-32)72-20-16-50-42-47-13-2-14-48-42/h3-10,35-36,55-56H,1-2,11-30H2,(H,51,63)(H,52,64)(H,53,57)(H,54,58)(H,59,60)(H,61,62)(H2,45,46,49)(H2,47,48,50)/t35-,36-/m0/s1.